The number of hydrogen-bond donors (Lipinski definition) is 1. The Morgan fingerprint density at radius 3 is 2.52 bits per heavy atom. The standard InChI is InChI=1S/C22H25N3O2/c1-16-5-4-6-21(13-16)27-15-22(26)23-12-11-19-7-9-20(10-8-19)25-18(3)14-17(2)24-25/h4-10,13-14H,11-12,15H2,1-3H3,(H,23,26). The average molecular weight is 363 g/mol. The second kappa shape index (κ2) is 8.54. The molecule has 2 aromatic carbocycles. The molecular weight excluding hydrogens is 338 g/mol. The van der Waals surface area contributed by atoms with Crippen molar-refractivity contribution in [2.45, 2.75) is 27.2 Å². The van der Waals surface area contributed by atoms with Crippen LogP contribution in [0.1, 0.15) is 22.5 Å². The van der Waals surface area contributed by atoms with Crippen molar-refractivity contribution in [1.82, 2.24) is 15.1 Å². The summed E-state index contributed by atoms with van der Waals surface area (Å²) in [5, 5.41) is 7.39. The number of amides is 1. The van der Waals surface area contributed by atoms with Gasteiger partial charge in [-0.25, -0.2) is 4.68 Å². The number of rotatable bonds is 7. The summed E-state index contributed by atoms with van der Waals surface area (Å²) >= 11 is 0. The molecule has 1 N–H and O–H groups in total. The second-order valence-corrected chi connectivity index (χ2v) is 6.71. The van der Waals surface area contributed by atoms with E-state index in [1.165, 1.54) is 5.56 Å². The third-order valence-electron chi connectivity index (χ3n) is 4.29. The van der Waals surface area contributed by atoms with Crippen LogP contribution in [0.4, 0.5) is 0 Å². The van der Waals surface area contributed by atoms with Crippen LogP contribution in [0.5, 0.6) is 5.75 Å². The number of carbonyl (C=O) groups excluding carboxylic acids is 1. The first-order chi connectivity index (χ1) is 13.0. The first kappa shape index (κ1) is 18.7. The maximum Gasteiger partial charge on any atom is 0.257 e. The molecule has 0 aliphatic carbocycles. The summed E-state index contributed by atoms with van der Waals surface area (Å²) < 4.78 is 7.44. The summed E-state index contributed by atoms with van der Waals surface area (Å²) in [4.78, 5) is 11.9. The number of hydrogen-bond acceptors (Lipinski definition) is 3. The van der Waals surface area contributed by atoms with Crippen LogP contribution in [0.3, 0.4) is 0 Å². The van der Waals surface area contributed by atoms with Gasteiger partial charge in [-0.2, -0.15) is 5.10 Å². The van der Waals surface area contributed by atoms with E-state index in [9.17, 15) is 4.79 Å². The van der Waals surface area contributed by atoms with E-state index in [2.05, 4.69) is 40.7 Å². The summed E-state index contributed by atoms with van der Waals surface area (Å²) in [7, 11) is 0. The number of benzene rings is 2. The van der Waals surface area contributed by atoms with E-state index in [0.717, 1.165) is 29.1 Å². The molecule has 5 nitrogen and oxygen atoms in total. The Hall–Kier alpha value is -3.08. The van der Waals surface area contributed by atoms with Crippen molar-refractivity contribution in [3.05, 3.63) is 77.1 Å². The molecule has 0 saturated carbocycles. The van der Waals surface area contributed by atoms with Crippen molar-refractivity contribution in [2.75, 3.05) is 13.2 Å². The zero-order valence-electron chi connectivity index (χ0n) is 16.0. The third kappa shape index (κ3) is 5.20. The highest BCUT2D eigenvalue weighted by molar-refractivity contribution is 5.77. The molecule has 1 amide bonds. The molecule has 5 heteroatoms. The summed E-state index contributed by atoms with van der Waals surface area (Å²) in [5.41, 5.74) is 5.44. The van der Waals surface area contributed by atoms with Crippen LogP contribution >= 0.6 is 0 Å². The first-order valence-corrected chi connectivity index (χ1v) is 9.10. The van der Waals surface area contributed by atoms with Gasteiger partial charge in [0.05, 0.1) is 11.4 Å². The topological polar surface area (TPSA) is 56.1 Å². The van der Waals surface area contributed by atoms with E-state index in [4.69, 9.17) is 4.74 Å². The van der Waals surface area contributed by atoms with Crippen molar-refractivity contribution in [2.24, 2.45) is 0 Å². The van der Waals surface area contributed by atoms with E-state index in [0.29, 0.717) is 12.3 Å². The quantitative estimate of drug-likeness (QED) is 0.699. The van der Waals surface area contributed by atoms with E-state index in [1.54, 1.807) is 0 Å². The lowest BCUT2D eigenvalue weighted by Gasteiger charge is -2.09. The predicted molar refractivity (Wildman–Crippen MR) is 106 cm³/mol. The zero-order chi connectivity index (χ0) is 19.2. The van der Waals surface area contributed by atoms with Gasteiger partial charge in [-0.1, -0.05) is 24.3 Å². The van der Waals surface area contributed by atoms with Crippen molar-refractivity contribution >= 4 is 5.91 Å². The Balaban J connectivity index is 1.45. The highest BCUT2D eigenvalue weighted by Crippen LogP contribution is 2.14. The molecule has 0 saturated heterocycles. The molecule has 27 heavy (non-hydrogen) atoms. The molecule has 0 aliphatic rings. The minimum atomic E-state index is -0.115. The highest BCUT2D eigenvalue weighted by atomic mass is 16.5. The molecule has 0 bridgehead atoms. The molecule has 0 atom stereocenters. The van der Waals surface area contributed by atoms with Crippen LogP contribution in [0.15, 0.2) is 54.6 Å². The summed E-state index contributed by atoms with van der Waals surface area (Å²) in [6, 6.07) is 18.0. The van der Waals surface area contributed by atoms with Gasteiger partial charge < -0.3 is 10.1 Å². The minimum absolute atomic E-state index is 0.0281. The lowest BCUT2D eigenvalue weighted by atomic mass is 10.1. The lowest BCUT2D eigenvalue weighted by Crippen LogP contribution is -2.30. The first-order valence-electron chi connectivity index (χ1n) is 9.10. The SMILES string of the molecule is Cc1cccc(OCC(=O)NCCc2ccc(-n3nc(C)cc3C)cc2)c1. The molecule has 0 unspecified atom stereocenters. The van der Waals surface area contributed by atoms with Gasteiger partial charge in [-0.3, -0.25) is 4.79 Å². The monoisotopic (exact) mass is 363 g/mol. The van der Waals surface area contributed by atoms with Gasteiger partial charge in [0.1, 0.15) is 5.75 Å². The fourth-order valence-electron chi connectivity index (χ4n) is 2.95. The van der Waals surface area contributed by atoms with Crippen LogP contribution in [0.25, 0.3) is 5.69 Å². The number of aromatic nitrogens is 2. The van der Waals surface area contributed by atoms with Crippen LogP contribution in [0, 0.1) is 20.8 Å². The molecule has 3 rings (SSSR count). The Morgan fingerprint density at radius 2 is 1.85 bits per heavy atom. The Morgan fingerprint density at radius 1 is 1.07 bits per heavy atom. The molecule has 1 aromatic heterocycles. The molecule has 3 aromatic rings. The largest absolute Gasteiger partial charge is 0.484 e. The summed E-state index contributed by atoms with van der Waals surface area (Å²) in [6.07, 6.45) is 0.771. The normalized spacial score (nSPS) is 10.6. The number of carbonyl (C=O) groups is 1. The number of nitrogens with one attached hydrogen (secondary N) is 1. The Bertz CT molecular complexity index is 914. The molecule has 1 heterocycles. The van der Waals surface area contributed by atoms with E-state index in [1.807, 2.05) is 49.7 Å². The van der Waals surface area contributed by atoms with Crippen molar-refractivity contribution in [3.63, 3.8) is 0 Å². The zero-order valence-corrected chi connectivity index (χ0v) is 16.0. The number of nitrogens with zero attached hydrogens (tertiary/aromatic N) is 2. The van der Waals surface area contributed by atoms with Gasteiger partial charge in [-0.05, 0) is 68.7 Å². The van der Waals surface area contributed by atoms with Crippen LogP contribution in [-0.4, -0.2) is 28.8 Å². The van der Waals surface area contributed by atoms with Gasteiger partial charge in [0.25, 0.3) is 5.91 Å². The number of aryl methyl sites for hydroxylation is 3. The van der Waals surface area contributed by atoms with E-state index < -0.39 is 0 Å². The Labute approximate surface area is 160 Å². The van der Waals surface area contributed by atoms with Gasteiger partial charge in [-0.15, -0.1) is 0 Å². The Kier molecular flexibility index (Phi) is 5.91. The molecule has 0 spiro atoms. The molecular formula is C22H25N3O2. The fourth-order valence-corrected chi connectivity index (χ4v) is 2.95. The van der Waals surface area contributed by atoms with E-state index >= 15 is 0 Å². The lowest BCUT2D eigenvalue weighted by molar-refractivity contribution is -0.123. The third-order valence-corrected chi connectivity index (χ3v) is 4.29. The smallest absolute Gasteiger partial charge is 0.257 e. The van der Waals surface area contributed by atoms with Crippen molar-refractivity contribution < 1.29 is 9.53 Å². The summed E-state index contributed by atoms with van der Waals surface area (Å²) in [6.45, 7) is 6.63. The maximum absolute atomic E-state index is 11.9. The van der Waals surface area contributed by atoms with Crippen LogP contribution in [-0.2, 0) is 11.2 Å². The predicted octanol–water partition coefficient (Wildman–Crippen LogP) is 3.54. The highest BCUT2D eigenvalue weighted by Gasteiger charge is 2.05. The van der Waals surface area contributed by atoms with Crippen molar-refractivity contribution in [3.8, 4) is 11.4 Å². The average Bonchev–Trinajstić information content (AvgIpc) is 2.99. The fraction of sp³-hybridized carbons (Fsp3) is 0.273. The molecule has 0 fully saturated rings. The van der Waals surface area contributed by atoms with Crippen LogP contribution in [0.2, 0.25) is 0 Å². The van der Waals surface area contributed by atoms with Crippen LogP contribution < -0.4 is 10.1 Å². The maximum atomic E-state index is 11.9. The van der Waals surface area contributed by atoms with Gasteiger partial charge in [0.2, 0.25) is 0 Å². The van der Waals surface area contributed by atoms with E-state index in [-0.39, 0.29) is 12.5 Å². The molecule has 0 aliphatic heterocycles. The minimum Gasteiger partial charge on any atom is -0.484 e. The van der Waals surface area contributed by atoms with Gasteiger partial charge >= 0.3 is 0 Å². The van der Waals surface area contributed by atoms with Gasteiger partial charge in [0.15, 0.2) is 6.61 Å². The molecule has 140 valence electrons. The summed E-state index contributed by atoms with van der Waals surface area (Å²) in [5.74, 6) is 0.598. The second-order valence-electron chi connectivity index (χ2n) is 6.71. The van der Waals surface area contributed by atoms with Gasteiger partial charge in [0, 0.05) is 12.2 Å². The number of ether oxygens (including phenoxy) is 1. The molecule has 0 radical (unpaired) electrons. The van der Waals surface area contributed by atoms with Crippen molar-refractivity contribution in [1.29, 1.82) is 0 Å².